The first-order valence-electron chi connectivity index (χ1n) is 11.3. The minimum absolute atomic E-state index is 0.107. The van der Waals surface area contributed by atoms with Crippen LogP contribution < -0.4 is 5.32 Å². The van der Waals surface area contributed by atoms with Crippen molar-refractivity contribution in [2.45, 2.75) is 13.5 Å². The van der Waals surface area contributed by atoms with E-state index >= 15 is 0 Å². The van der Waals surface area contributed by atoms with Gasteiger partial charge in [0.05, 0.1) is 20.5 Å². The topological polar surface area (TPSA) is 90.7 Å². The van der Waals surface area contributed by atoms with Crippen LogP contribution in [0.2, 0.25) is 5.02 Å². The van der Waals surface area contributed by atoms with E-state index in [9.17, 15) is 4.79 Å². The number of carbonyl (C=O) groups is 1. The Labute approximate surface area is 221 Å². The number of rotatable bonds is 11. The molecule has 8 nitrogen and oxygen atoms in total. The number of oxime groups is 2. The van der Waals surface area contributed by atoms with Crippen LogP contribution in [0.1, 0.15) is 23.6 Å². The van der Waals surface area contributed by atoms with Gasteiger partial charge in [0.1, 0.15) is 30.7 Å². The van der Waals surface area contributed by atoms with Gasteiger partial charge in [-0.15, -0.1) is 0 Å². The number of halogens is 1. The molecule has 3 aromatic carbocycles. The van der Waals surface area contributed by atoms with Crippen molar-refractivity contribution in [3.05, 3.63) is 101 Å². The van der Waals surface area contributed by atoms with E-state index in [1.807, 2.05) is 66.7 Å². The van der Waals surface area contributed by atoms with Crippen LogP contribution in [-0.4, -0.2) is 38.7 Å². The van der Waals surface area contributed by atoms with Crippen LogP contribution in [0.5, 0.6) is 0 Å². The molecule has 0 radical (unpaired) electrons. The van der Waals surface area contributed by atoms with E-state index in [2.05, 4.69) is 15.6 Å². The quantitative estimate of drug-likeness (QED) is 0.106. The average Bonchev–Trinajstić information content (AvgIpc) is 2.92. The van der Waals surface area contributed by atoms with E-state index in [4.69, 9.17) is 30.7 Å². The lowest BCUT2D eigenvalue weighted by Crippen LogP contribution is -2.13. The molecule has 3 rings (SSSR count). The van der Waals surface area contributed by atoms with Gasteiger partial charge < -0.3 is 24.5 Å². The van der Waals surface area contributed by atoms with Gasteiger partial charge in [0.25, 0.3) is 0 Å². The van der Waals surface area contributed by atoms with Gasteiger partial charge in [-0.05, 0) is 48.9 Å². The van der Waals surface area contributed by atoms with Crippen molar-refractivity contribution >= 4 is 45.9 Å². The molecule has 0 aliphatic carbocycles. The smallest absolute Gasteiger partial charge is 0.341 e. The van der Waals surface area contributed by atoms with E-state index in [1.165, 1.54) is 27.6 Å². The fourth-order valence-electron chi connectivity index (χ4n) is 3.43. The summed E-state index contributed by atoms with van der Waals surface area (Å²) in [7, 11) is 4.25. The molecule has 0 aliphatic rings. The number of hydrogen-bond acceptors (Lipinski definition) is 8. The lowest BCUT2D eigenvalue weighted by atomic mass is 10.0. The molecule has 0 aromatic heterocycles. The van der Waals surface area contributed by atoms with Gasteiger partial charge in [-0.2, -0.15) is 0 Å². The first-order valence-corrected chi connectivity index (χ1v) is 11.6. The van der Waals surface area contributed by atoms with Crippen molar-refractivity contribution in [3.8, 4) is 0 Å². The maximum Gasteiger partial charge on any atom is 0.341 e. The lowest BCUT2D eigenvalue weighted by Gasteiger charge is -2.11. The van der Waals surface area contributed by atoms with Crippen molar-refractivity contribution < 1.29 is 23.9 Å². The third-order valence-electron chi connectivity index (χ3n) is 5.19. The summed E-state index contributed by atoms with van der Waals surface area (Å²) in [6, 6.07) is 22.4. The number of benzene rings is 3. The Morgan fingerprint density at radius 3 is 2.19 bits per heavy atom. The highest BCUT2D eigenvalue weighted by molar-refractivity contribution is 6.47. The van der Waals surface area contributed by atoms with Crippen LogP contribution in [0.15, 0.2) is 89.4 Å². The predicted molar refractivity (Wildman–Crippen MR) is 146 cm³/mol. The molecule has 0 atom stereocenters. The van der Waals surface area contributed by atoms with Gasteiger partial charge in [0.2, 0.25) is 0 Å². The Hall–Kier alpha value is -4.30. The maximum absolute atomic E-state index is 12.2. The molecule has 9 heteroatoms. The van der Waals surface area contributed by atoms with Crippen molar-refractivity contribution in [2.24, 2.45) is 10.3 Å². The Bertz CT molecular complexity index is 1290. The Morgan fingerprint density at radius 1 is 0.919 bits per heavy atom. The second kappa shape index (κ2) is 13.7. The maximum atomic E-state index is 12.2. The molecule has 0 amide bonds. The fourth-order valence-corrected chi connectivity index (χ4v) is 3.56. The van der Waals surface area contributed by atoms with Gasteiger partial charge in [-0.25, -0.2) is 4.79 Å². The second-order valence-electron chi connectivity index (χ2n) is 7.70. The van der Waals surface area contributed by atoms with E-state index < -0.39 is 5.97 Å². The zero-order valence-corrected chi connectivity index (χ0v) is 21.8. The van der Waals surface area contributed by atoms with Gasteiger partial charge in [-0.3, -0.25) is 0 Å². The van der Waals surface area contributed by atoms with Crippen molar-refractivity contribution in [1.29, 1.82) is 0 Å². The number of esters is 1. The predicted octanol–water partition coefficient (Wildman–Crippen LogP) is 6.19. The first kappa shape index (κ1) is 27.3. The number of ether oxygens (including phenoxy) is 2. The van der Waals surface area contributed by atoms with Crippen LogP contribution in [-0.2, 0) is 30.6 Å². The summed E-state index contributed by atoms with van der Waals surface area (Å²) in [5.74, 6) is -0.516. The average molecular weight is 522 g/mol. The van der Waals surface area contributed by atoms with Crippen LogP contribution in [0.4, 0.5) is 11.4 Å². The summed E-state index contributed by atoms with van der Waals surface area (Å²) in [5.41, 5.74) is 5.28. The van der Waals surface area contributed by atoms with Gasteiger partial charge in [0, 0.05) is 27.5 Å². The number of carbonyl (C=O) groups excluding carboxylic acids is 1. The zero-order chi connectivity index (χ0) is 26.6. The summed E-state index contributed by atoms with van der Waals surface area (Å²) in [6.45, 7) is 1.88. The summed E-state index contributed by atoms with van der Waals surface area (Å²) in [4.78, 5) is 22.9. The molecule has 0 bridgehead atoms. The summed E-state index contributed by atoms with van der Waals surface area (Å²) < 4.78 is 9.94. The molecule has 0 fully saturated rings. The summed E-state index contributed by atoms with van der Waals surface area (Å²) in [6.07, 6.45) is 1.34. The number of nitrogens with one attached hydrogen (secondary N) is 1. The Balaban J connectivity index is 1.74. The minimum Gasteiger partial charge on any atom is -0.503 e. The molecular weight excluding hydrogens is 494 g/mol. The first-order chi connectivity index (χ1) is 18.0. The molecule has 0 saturated carbocycles. The highest BCUT2D eigenvalue weighted by Gasteiger charge is 2.17. The molecule has 0 aliphatic heterocycles. The Morgan fingerprint density at radius 2 is 1.57 bits per heavy atom. The summed E-state index contributed by atoms with van der Waals surface area (Å²) in [5, 5.41) is 12.4. The Kier molecular flexibility index (Phi) is 10.1. The largest absolute Gasteiger partial charge is 0.503 e. The van der Waals surface area contributed by atoms with Crippen LogP contribution in [0.25, 0.3) is 5.57 Å². The van der Waals surface area contributed by atoms with E-state index in [1.54, 1.807) is 13.0 Å². The number of hydrogen-bond donors (Lipinski definition) is 1. The van der Waals surface area contributed by atoms with E-state index in [0.29, 0.717) is 22.0 Å². The van der Waals surface area contributed by atoms with Gasteiger partial charge >= 0.3 is 5.97 Å². The standard InChI is InChI=1S/C28H28ClN3O5/c1-19(31-37-17-21-7-5-6-8-25(21)26(18-34-2)28(33)35-3)27(32-36-4)20-9-13-23(14-10-20)30-24-15-11-22(29)12-16-24/h5-16,18,30H,17H2,1-4H3. The van der Waals surface area contributed by atoms with Gasteiger partial charge in [-0.1, -0.05) is 58.3 Å². The molecular formula is C28H28ClN3O5. The SMILES string of the molecule is COC=C(C(=O)OC)c1ccccc1CON=C(C)C(=NOC)c1ccc(Nc2ccc(Cl)cc2)cc1. The highest BCUT2D eigenvalue weighted by atomic mass is 35.5. The number of anilines is 2. The van der Waals surface area contributed by atoms with Crippen LogP contribution in [0, 0.1) is 0 Å². The van der Waals surface area contributed by atoms with E-state index in [0.717, 1.165) is 22.5 Å². The highest BCUT2D eigenvalue weighted by Crippen LogP contribution is 2.22. The van der Waals surface area contributed by atoms with Crippen molar-refractivity contribution in [3.63, 3.8) is 0 Å². The van der Waals surface area contributed by atoms with Crippen molar-refractivity contribution in [1.82, 2.24) is 0 Å². The molecule has 0 heterocycles. The molecule has 0 unspecified atom stereocenters. The second-order valence-corrected chi connectivity index (χ2v) is 8.13. The zero-order valence-electron chi connectivity index (χ0n) is 21.0. The molecule has 0 saturated heterocycles. The lowest BCUT2D eigenvalue weighted by molar-refractivity contribution is -0.133. The van der Waals surface area contributed by atoms with Crippen molar-refractivity contribution in [2.75, 3.05) is 26.6 Å². The molecule has 37 heavy (non-hydrogen) atoms. The molecule has 3 aromatic rings. The molecule has 192 valence electrons. The third kappa shape index (κ3) is 7.59. The molecule has 0 spiro atoms. The van der Waals surface area contributed by atoms with Crippen LogP contribution >= 0.6 is 11.6 Å². The minimum atomic E-state index is -0.516. The molecule has 1 N–H and O–H groups in total. The number of methoxy groups -OCH3 is 2. The normalized spacial score (nSPS) is 12.1. The van der Waals surface area contributed by atoms with Crippen LogP contribution in [0.3, 0.4) is 0 Å². The van der Waals surface area contributed by atoms with E-state index in [-0.39, 0.29) is 12.2 Å². The fraction of sp³-hybridized carbons (Fsp3) is 0.179. The number of nitrogens with zero attached hydrogens (tertiary/aromatic N) is 2. The monoisotopic (exact) mass is 521 g/mol. The third-order valence-corrected chi connectivity index (χ3v) is 5.44. The van der Waals surface area contributed by atoms with Gasteiger partial charge in [0.15, 0.2) is 0 Å². The summed E-state index contributed by atoms with van der Waals surface area (Å²) >= 11 is 5.95.